The van der Waals surface area contributed by atoms with Crippen molar-refractivity contribution in [3.63, 3.8) is 0 Å². The largest absolute Gasteiger partial charge is 0.507 e. The number of fused-ring (bicyclic) bond motifs is 1. The van der Waals surface area contributed by atoms with Crippen molar-refractivity contribution in [2.75, 3.05) is 7.11 Å². The zero-order chi connectivity index (χ0) is 12.6. The fraction of sp³-hybridized carbons (Fsp3) is 0.429. The topological polar surface area (TPSA) is 42.6 Å². The third-order valence-electron chi connectivity index (χ3n) is 3.15. The molecule has 1 aromatic carbocycles. The summed E-state index contributed by atoms with van der Waals surface area (Å²) in [6, 6.07) is 1.85. The Hall–Kier alpha value is -1.64. The van der Waals surface area contributed by atoms with Crippen LogP contribution in [-0.2, 0) is 12.8 Å². The summed E-state index contributed by atoms with van der Waals surface area (Å²) in [5.41, 5.74) is 2.64. The average molecular weight is 234 g/mol. The molecule has 92 valence electrons. The first-order valence-electron chi connectivity index (χ1n) is 5.94. The first-order chi connectivity index (χ1) is 8.13. The lowest BCUT2D eigenvalue weighted by molar-refractivity contribution is 0.401. The quantitative estimate of drug-likeness (QED) is 0.882. The zero-order valence-electron chi connectivity index (χ0n) is 10.8. The molecule has 0 spiro atoms. The minimum atomic E-state index is 0.331. The third-order valence-corrected chi connectivity index (χ3v) is 3.15. The van der Waals surface area contributed by atoms with Crippen LogP contribution in [0, 0.1) is 6.92 Å². The highest BCUT2D eigenvalue weighted by Crippen LogP contribution is 2.42. The van der Waals surface area contributed by atoms with E-state index < -0.39 is 0 Å². The molecule has 1 heterocycles. The fourth-order valence-corrected chi connectivity index (χ4v) is 2.41. The summed E-state index contributed by atoms with van der Waals surface area (Å²) in [5, 5.41) is 11.0. The number of phenolic OH excluding ortho intramolecular Hbond substituents is 1. The maximum atomic E-state index is 10.3. The van der Waals surface area contributed by atoms with Gasteiger partial charge in [0.15, 0.2) is 11.3 Å². The molecule has 0 amide bonds. The lowest BCUT2D eigenvalue weighted by atomic mass is 9.98. The van der Waals surface area contributed by atoms with Crippen LogP contribution in [0.5, 0.6) is 11.5 Å². The first kappa shape index (κ1) is 11.8. The van der Waals surface area contributed by atoms with Crippen molar-refractivity contribution < 1.29 is 14.3 Å². The van der Waals surface area contributed by atoms with Crippen LogP contribution < -0.4 is 4.74 Å². The Bertz CT molecular complexity index is 552. The normalized spacial score (nSPS) is 11.1. The van der Waals surface area contributed by atoms with Crippen LogP contribution in [-0.4, -0.2) is 12.2 Å². The lowest BCUT2D eigenvalue weighted by Crippen LogP contribution is -1.97. The van der Waals surface area contributed by atoms with Gasteiger partial charge < -0.3 is 14.3 Å². The summed E-state index contributed by atoms with van der Waals surface area (Å²) in [6.07, 6.45) is 1.60. The summed E-state index contributed by atoms with van der Waals surface area (Å²) in [6.45, 7) is 5.96. The molecule has 2 rings (SSSR count). The van der Waals surface area contributed by atoms with E-state index in [1.165, 1.54) is 0 Å². The van der Waals surface area contributed by atoms with E-state index >= 15 is 0 Å². The van der Waals surface area contributed by atoms with Crippen LogP contribution in [0.4, 0.5) is 0 Å². The molecule has 1 aromatic heterocycles. The lowest BCUT2D eigenvalue weighted by Gasteiger charge is -2.14. The second kappa shape index (κ2) is 4.32. The third kappa shape index (κ3) is 1.66. The van der Waals surface area contributed by atoms with Gasteiger partial charge in [0.25, 0.3) is 0 Å². The number of furan rings is 1. The molecule has 0 saturated heterocycles. The number of hydrogen-bond donors (Lipinski definition) is 1. The maximum Gasteiger partial charge on any atom is 0.180 e. The molecule has 0 bridgehead atoms. The van der Waals surface area contributed by atoms with E-state index in [0.717, 1.165) is 40.9 Å². The Morgan fingerprint density at radius 3 is 2.41 bits per heavy atom. The number of hydrogen-bond acceptors (Lipinski definition) is 3. The number of ether oxygens (including phenoxy) is 1. The Kier molecular flexibility index (Phi) is 3.01. The van der Waals surface area contributed by atoms with Gasteiger partial charge in [0.1, 0.15) is 11.5 Å². The zero-order valence-corrected chi connectivity index (χ0v) is 10.8. The molecule has 0 aliphatic heterocycles. The van der Waals surface area contributed by atoms with Gasteiger partial charge in [-0.1, -0.05) is 13.8 Å². The summed E-state index contributed by atoms with van der Waals surface area (Å²) >= 11 is 0. The predicted octanol–water partition coefficient (Wildman–Crippen LogP) is 3.58. The van der Waals surface area contributed by atoms with Gasteiger partial charge in [-0.25, -0.2) is 0 Å². The number of methoxy groups -OCH3 is 1. The molecule has 17 heavy (non-hydrogen) atoms. The number of rotatable bonds is 3. The summed E-state index contributed by atoms with van der Waals surface area (Å²) in [4.78, 5) is 0. The van der Waals surface area contributed by atoms with Crippen LogP contribution in [0.3, 0.4) is 0 Å². The molecule has 0 aliphatic carbocycles. The van der Waals surface area contributed by atoms with E-state index in [9.17, 15) is 5.11 Å². The highest BCUT2D eigenvalue weighted by molar-refractivity contribution is 5.92. The molecule has 1 N–H and O–H groups in total. The summed E-state index contributed by atoms with van der Waals surface area (Å²) in [7, 11) is 1.64. The summed E-state index contributed by atoms with van der Waals surface area (Å²) < 4.78 is 11.1. The molecule has 3 heteroatoms. The highest BCUT2D eigenvalue weighted by atomic mass is 16.5. The van der Waals surface area contributed by atoms with Gasteiger partial charge in [0.05, 0.1) is 12.5 Å². The van der Waals surface area contributed by atoms with Crippen LogP contribution in [0.25, 0.3) is 11.0 Å². The van der Waals surface area contributed by atoms with Crippen LogP contribution >= 0.6 is 0 Å². The number of phenols is 1. The van der Waals surface area contributed by atoms with E-state index in [1.807, 2.05) is 19.9 Å². The molecule has 0 fully saturated rings. The monoisotopic (exact) mass is 234 g/mol. The minimum Gasteiger partial charge on any atom is -0.507 e. The molecule has 0 unspecified atom stereocenters. The van der Waals surface area contributed by atoms with Crippen molar-refractivity contribution in [2.45, 2.75) is 33.6 Å². The van der Waals surface area contributed by atoms with Crippen LogP contribution in [0.2, 0.25) is 0 Å². The average Bonchev–Trinajstić information content (AvgIpc) is 2.70. The van der Waals surface area contributed by atoms with Gasteiger partial charge in [0, 0.05) is 11.1 Å². The van der Waals surface area contributed by atoms with Crippen molar-refractivity contribution in [1.82, 2.24) is 0 Å². The van der Waals surface area contributed by atoms with Crippen molar-refractivity contribution in [2.24, 2.45) is 0 Å². The molecule has 0 saturated carbocycles. The van der Waals surface area contributed by atoms with Gasteiger partial charge in [0.2, 0.25) is 0 Å². The molecule has 0 aliphatic rings. The van der Waals surface area contributed by atoms with Gasteiger partial charge in [-0.2, -0.15) is 0 Å². The summed E-state index contributed by atoms with van der Waals surface area (Å²) in [5.74, 6) is 1.87. The van der Waals surface area contributed by atoms with E-state index in [2.05, 4.69) is 6.92 Å². The standard InChI is InChI=1S/C14H18O3/c1-5-9-10(6-2)13(16-4)14-11(12(9)15)7-8(3)17-14/h7,15H,5-6H2,1-4H3. The van der Waals surface area contributed by atoms with Crippen molar-refractivity contribution in [1.29, 1.82) is 0 Å². The van der Waals surface area contributed by atoms with E-state index in [1.54, 1.807) is 7.11 Å². The SMILES string of the molecule is CCc1c(CC)c(OC)c2oc(C)cc2c1O. The molecular formula is C14H18O3. The van der Waals surface area contributed by atoms with Crippen molar-refractivity contribution >= 4 is 11.0 Å². The Morgan fingerprint density at radius 1 is 1.24 bits per heavy atom. The van der Waals surface area contributed by atoms with Gasteiger partial charge in [-0.15, -0.1) is 0 Å². The van der Waals surface area contributed by atoms with Gasteiger partial charge in [-0.05, 0) is 25.8 Å². The van der Waals surface area contributed by atoms with Gasteiger partial charge in [-0.3, -0.25) is 0 Å². The molecule has 2 aromatic rings. The smallest absolute Gasteiger partial charge is 0.180 e. The fourth-order valence-electron chi connectivity index (χ4n) is 2.41. The second-order valence-electron chi connectivity index (χ2n) is 4.15. The number of benzene rings is 1. The minimum absolute atomic E-state index is 0.331. The Morgan fingerprint density at radius 2 is 1.88 bits per heavy atom. The maximum absolute atomic E-state index is 10.3. The Labute approximate surface area is 101 Å². The second-order valence-corrected chi connectivity index (χ2v) is 4.15. The predicted molar refractivity (Wildman–Crippen MR) is 67.9 cm³/mol. The molecule has 0 atom stereocenters. The van der Waals surface area contributed by atoms with Crippen LogP contribution in [0.15, 0.2) is 10.5 Å². The van der Waals surface area contributed by atoms with Crippen molar-refractivity contribution in [3.05, 3.63) is 23.0 Å². The van der Waals surface area contributed by atoms with E-state index in [4.69, 9.17) is 9.15 Å². The number of aryl methyl sites for hydroxylation is 1. The molecular weight excluding hydrogens is 216 g/mol. The molecule has 3 nitrogen and oxygen atoms in total. The van der Waals surface area contributed by atoms with E-state index in [-0.39, 0.29) is 0 Å². The van der Waals surface area contributed by atoms with Crippen molar-refractivity contribution in [3.8, 4) is 11.5 Å². The van der Waals surface area contributed by atoms with E-state index in [0.29, 0.717) is 11.3 Å². The first-order valence-corrected chi connectivity index (χ1v) is 5.94. The van der Waals surface area contributed by atoms with Gasteiger partial charge >= 0.3 is 0 Å². The highest BCUT2D eigenvalue weighted by Gasteiger charge is 2.20. The number of aromatic hydroxyl groups is 1. The molecule has 0 radical (unpaired) electrons. The van der Waals surface area contributed by atoms with Crippen LogP contribution in [0.1, 0.15) is 30.7 Å². The Balaban J connectivity index is 2.92.